The minimum atomic E-state index is 0.428. The van der Waals surface area contributed by atoms with E-state index in [1.807, 2.05) is 19.1 Å². The first-order valence-corrected chi connectivity index (χ1v) is 7.54. The Morgan fingerprint density at radius 3 is 3.00 bits per heavy atom. The summed E-state index contributed by atoms with van der Waals surface area (Å²) in [5.74, 6) is 1.67. The summed E-state index contributed by atoms with van der Waals surface area (Å²) in [6.45, 7) is 3.12. The average Bonchev–Trinajstić information content (AvgIpc) is 2.94. The molecule has 0 unspecified atom stereocenters. The van der Waals surface area contributed by atoms with Gasteiger partial charge in [0.1, 0.15) is 18.1 Å². The smallest absolute Gasteiger partial charge is 0.129 e. The molecule has 0 spiro atoms. The van der Waals surface area contributed by atoms with Gasteiger partial charge in [0.2, 0.25) is 0 Å². The molecular formula is C17H14BrNO2. The van der Waals surface area contributed by atoms with Crippen LogP contribution in [0.15, 0.2) is 34.8 Å². The Morgan fingerprint density at radius 2 is 2.19 bits per heavy atom. The molecule has 0 N–H and O–H groups in total. The molecule has 4 heteroatoms. The molecule has 106 valence electrons. The van der Waals surface area contributed by atoms with Crippen LogP contribution in [0.2, 0.25) is 0 Å². The Balaban J connectivity index is 1.85. The molecule has 1 aliphatic heterocycles. The maximum absolute atomic E-state index is 8.97. The Kier molecular flexibility index (Phi) is 3.85. The van der Waals surface area contributed by atoms with Gasteiger partial charge < -0.3 is 9.47 Å². The number of rotatable bonds is 3. The first-order chi connectivity index (χ1) is 10.2. The number of fused-ring (bicyclic) bond motifs is 1. The molecule has 0 saturated carbocycles. The lowest BCUT2D eigenvalue weighted by molar-refractivity contribution is 0.290. The van der Waals surface area contributed by atoms with E-state index in [0.717, 1.165) is 40.1 Å². The van der Waals surface area contributed by atoms with Crippen molar-refractivity contribution in [3.8, 4) is 17.6 Å². The van der Waals surface area contributed by atoms with Gasteiger partial charge in [-0.25, -0.2) is 0 Å². The van der Waals surface area contributed by atoms with Gasteiger partial charge in [-0.1, -0.05) is 22.0 Å². The predicted octanol–water partition coefficient (Wildman–Crippen LogP) is 4.14. The number of nitrogens with zero attached hydrogens (tertiary/aromatic N) is 1. The van der Waals surface area contributed by atoms with Crippen LogP contribution in [0.1, 0.15) is 22.3 Å². The SMILES string of the molecule is Cc1ccc(C#N)cc1OCc1cc(Br)cc2c1OCC2. The highest BCUT2D eigenvalue weighted by Gasteiger charge is 2.18. The van der Waals surface area contributed by atoms with Crippen molar-refractivity contribution in [2.24, 2.45) is 0 Å². The predicted molar refractivity (Wildman–Crippen MR) is 83.6 cm³/mol. The number of benzene rings is 2. The van der Waals surface area contributed by atoms with Gasteiger partial charge in [-0.2, -0.15) is 5.26 Å². The van der Waals surface area contributed by atoms with Crippen molar-refractivity contribution < 1.29 is 9.47 Å². The molecule has 1 heterocycles. The Labute approximate surface area is 132 Å². The van der Waals surface area contributed by atoms with Crippen molar-refractivity contribution in [2.45, 2.75) is 20.0 Å². The first-order valence-electron chi connectivity index (χ1n) is 6.75. The molecule has 0 aliphatic carbocycles. The number of halogens is 1. The lowest BCUT2D eigenvalue weighted by Crippen LogP contribution is -2.00. The van der Waals surface area contributed by atoms with Gasteiger partial charge in [0.15, 0.2) is 0 Å². The highest BCUT2D eigenvalue weighted by molar-refractivity contribution is 9.10. The molecule has 0 radical (unpaired) electrons. The van der Waals surface area contributed by atoms with Crippen molar-refractivity contribution in [1.82, 2.24) is 0 Å². The fourth-order valence-corrected chi connectivity index (χ4v) is 2.99. The molecule has 0 aromatic heterocycles. The van der Waals surface area contributed by atoms with E-state index in [-0.39, 0.29) is 0 Å². The molecule has 2 aromatic carbocycles. The molecule has 0 saturated heterocycles. The van der Waals surface area contributed by atoms with E-state index in [4.69, 9.17) is 14.7 Å². The van der Waals surface area contributed by atoms with Crippen molar-refractivity contribution in [3.63, 3.8) is 0 Å². The fraction of sp³-hybridized carbons (Fsp3) is 0.235. The van der Waals surface area contributed by atoms with Gasteiger partial charge in [-0.3, -0.25) is 0 Å². The molecule has 3 nitrogen and oxygen atoms in total. The fourth-order valence-electron chi connectivity index (χ4n) is 2.43. The summed E-state index contributed by atoms with van der Waals surface area (Å²) >= 11 is 3.53. The third kappa shape index (κ3) is 2.88. The molecule has 3 rings (SSSR count). The monoisotopic (exact) mass is 343 g/mol. The van der Waals surface area contributed by atoms with Crippen LogP contribution in [-0.2, 0) is 13.0 Å². The molecule has 0 fully saturated rings. The highest BCUT2D eigenvalue weighted by Crippen LogP contribution is 2.34. The largest absolute Gasteiger partial charge is 0.493 e. The van der Waals surface area contributed by atoms with Gasteiger partial charge in [0.25, 0.3) is 0 Å². The summed E-state index contributed by atoms with van der Waals surface area (Å²) < 4.78 is 12.6. The Hall–Kier alpha value is -1.99. The first kappa shape index (κ1) is 14.0. The van der Waals surface area contributed by atoms with Crippen LogP contribution in [0.4, 0.5) is 0 Å². The number of hydrogen-bond acceptors (Lipinski definition) is 3. The van der Waals surface area contributed by atoms with Crippen molar-refractivity contribution in [3.05, 3.63) is 57.1 Å². The molecule has 1 aliphatic rings. The summed E-state index contributed by atoms with van der Waals surface area (Å²) in [4.78, 5) is 0. The summed E-state index contributed by atoms with van der Waals surface area (Å²) in [5.41, 5.74) is 3.86. The molecule has 21 heavy (non-hydrogen) atoms. The van der Waals surface area contributed by atoms with Gasteiger partial charge in [0.05, 0.1) is 18.2 Å². The summed E-state index contributed by atoms with van der Waals surface area (Å²) in [6, 6.07) is 11.7. The van der Waals surface area contributed by atoms with Crippen LogP contribution >= 0.6 is 15.9 Å². The third-order valence-corrected chi connectivity index (χ3v) is 3.98. The van der Waals surface area contributed by atoms with Gasteiger partial charge in [-0.15, -0.1) is 0 Å². The maximum atomic E-state index is 8.97. The molecule has 2 aromatic rings. The van der Waals surface area contributed by atoms with E-state index in [0.29, 0.717) is 12.2 Å². The van der Waals surface area contributed by atoms with Crippen LogP contribution in [0.5, 0.6) is 11.5 Å². The summed E-state index contributed by atoms with van der Waals surface area (Å²) in [5, 5.41) is 8.97. The number of hydrogen-bond donors (Lipinski definition) is 0. The summed E-state index contributed by atoms with van der Waals surface area (Å²) in [6.07, 6.45) is 0.935. The standard InChI is InChI=1S/C17H14BrNO2/c1-11-2-3-12(9-19)6-16(11)21-10-14-8-15(18)7-13-4-5-20-17(13)14/h2-3,6-8H,4-5,10H2,1H3. The van der Waals surface area contributed by atoms with Crippen LogP contribution in [0.25, 0.3) is 0 Å². The van der Waals surface area contributed by atoms with E-state index >= 15 is 0 Å². The van der Waals surface area contributed by atoms with Crippen LogP contribution in [0, 0.1) is 18.3 Å². The second kappa shape index (κ2) is 5.79. The topological polar surface area (TPSA) is 42.2 Å². The minimum absolute atomic E-state index is 0.428. The molecular weight excluding hydrogens is 330 g/mol. The van der Waals surface area contributed by atoms with Crippen LogP contribution in [-0.4, -0.2) is 6.61 Å². The highest BCUT2D eigenvalue weighted by atomic mass is 79.9. The number of aryl methyl sites for hydroxylation is 1. The lowest BCUT2D eigenvalue weighted by atomic mass is 10.1. The maximum Gasteiger partial charge on any atom is 0.129 e. The number of ether oxygens (including phenoxy) is 2. The quantitative estimate of drug-likeness (QED) is 0.840. The lowest BCUT2D eigenvalue weighted by Gasteiger charge is -2.12. The zero-order chi connectivity index (χ0) is 14.8. The normalized spacial score (nSPS) is 12.4. The van der Waals surface area contributed by atoms with Gasteiger partial charge in [-0.05, 0) is 42.3 Å². The van der Waals surface area contributed by atoms with E-state index in [2.05, 4.69) is 28.1 Å². The zero-order valence-corrected chi connectivity index (χ0v) is 13.2. The van der Waals surface area contributed by atoms with Crippen molar-refractivity contribution >= 4 is 15.9 Å². The van der Waals surface area contributed by atoms with Crippen molar-refractivity contribution in [2.75, 3.05) is 6.61 Å². The van der Waals surface area contributed by atoms with Gasteiger partial charge in [0, 0.05) is 16.5 Å². The van der Waals surface area contributed by atoms with Gasteiger partial charge >= 0.3 is 0 Å². The zero-order valence-electron chi connectivity index (χ0n) is 11.6. The third-order valence-electron chi connectivity index (χ3n) is 3.53. The number of nitriles is 1. The second-order valence-corrected chi connectivity index (χ2v) is 5.95. The molecule has 0 atom stereocenters. The van der Waals surface area contributed by atoms with Crippen LogP contribution < -0.4 is 9.47 Å². The van der Waals surface area contributed by atoms with Crippen molar-refractivity contribution in [1.29, 1.82) is 5.26 Å². The van der Waals surface area contributed by atoms with E-state index < -0.39 is 0 Å². The Bertz CT molecular complexity index is 734. The average molecular weight is 344 g/mol. The Morgan fingerprint density at radius 1 is 1.33 bits per heavy atom. The minimum Gasteiger partial charge on any atom is -0.493 e. The van der Waals surface area contributed by atoms with E-state index in [9.17, 15) is 0 Å². The van der Waals surface area contributed by atoms with E-state index in [1.165, 1.54) is 5.56 Å². The molecule has 0 bridgehead atoms. The van der Waals surface area contributed by atoms with Crippen LogP contribution in [0.3, 0.4) is 0 Å². The van der Waals surface area contributed by atoms with E-state index in [1.54, 1.807) is 12.1 Å². The second-order valence-electron chi connectivity index (χ2n) is 5.03. The summed E-state index contributed by atoms with van der Waals surface area (Å²) in [7, 11) is 0. The molecule has 0 amide bonds.